The maximum Gasteiger partial charge on any atom is 0.240 e. The van der Waals surface area contributed by atoms with E-state index in [1.54, 1.807) is 24.3 Å². The molecule has 6 heteroatoms. The topological polar surface area (TPSA) is 81.4 Å². The molecule has 2 atom stereocenters. The molecule has 0 aromatic heterocycles. The van der Waals surface area contributed by atoms with Crippen molar-refractivity contribution in [1.29, 1.82) is 0 Å². The number of ether oxygens (including phenoxy) is 1. The van der Waals surface area contributed by atoms with Crippen molar-refractivity contribution >= 4 is 10.0 Å². The average Bonchev–Trinajstić information content (AvgIpc) is 2.84. The summed E-state index contributed by atoms with van der Waals surface area (Å²) in [5.41, 5.74) is 5.39. The Bertz CT molecular complexity index is 543. The van der Waals surface area contributed by atoms with Crippen molar-refractivity contribution in [2.45, 2.75) is 43.5 Å². The highest BCUT2D eigenvalue weighted by molar-refractivity contribution is 7.89. The van der Waals surface area contributed by atoms with Gasteiger partial charge in [-0.1, -0.05) is 6.92 Å². The van der Waals surface area contributed by atoms with Gasteiger partial charge in [-0.05, 0) is 62.4 Å². The SMILES string of the molecule is CC1CCC(NS(=O)(=O)c2ccc(OCCCN)cc2)C1. The van der Waals surface area contributed by atoms with Gasteiger partial charge in [-0.15, -0.1) is 0 Å². The Hall–Kier alpha value is -1.11. The maximum absolute atomic E-state index is 12.3. The fourth-order valence-corrected chi connectivity index (χ4v) is 3.87. The summed E-state index contributed by atoms with van der Waals surface area (Å²) in [6.45, 7) is 3.28. The molecule has 2 unspecified atom stereocenters. The van der Waals surface area contributed by atoms with Crippen LogP contribution in [0.5, 0.6) is 5.75 Å². The highest BCUT2D eigenvalue weighted by Gasteiger charge is 2.26. The highest BCUT2D eigenvalue weighted by Crippen LogP contribution is 2.26. The van der Waals surface area contributed by atoms with Crippen LogP contribution in [0.4, 0.5) is 0 Å². The highest BCUT2D eigenvalue weighted by atomic mass is 32.2. The first-order valence-corrected chi connectivity index (χ1v) is 8.95. The Balaban J connectivity index is 1.96. The van der Waals surface area contributed by atoms with Crippen molar-refractivity contribution in [3.05, 3.63) is 24.3 Å². The van der Waals surface area contributed by atoms with Crippen molar-refractivity contribution < 1.29 is 13.2 Å². The molecule has 1 fully saturated rings. The van der Waals surface area contributed by atoms with Gasteiger partial charge in [0.2, 0.25) is 10.0 Å². The third-order valence-corrected chi connectivity index (χ3v) is 5.30. The second-order valence-corrected chi connectivity index (χ2v) is 7.41. The molecular formula is C15H24N2O3S. The monoisotopic (exact) mass is 312 g/mol. The molecule has 21 heavy (non-hydrogen) atoms. The van der Waals surface area contributed by atoms with Gasteiger partial charge in [0.1, 0.15) is 5.75 Å². The minimum Gasteiger partial charge on any atom is -0.494 e. The zero-order valence-corrected chi connectivity index (χ0v) is 13.2. The first kappa shape index (κ1) is 16.3. The van der Waals surface area contributed by atoms with Gasteiger partial charge < -0.3 is 10.5 Å². The second kappa shape index (κ2) is 7.24. The van der Waals surface area contributed by atoms with Crippen LogP contribution in [0.3, 0.4) is 0 Å². The normalized spacial score (nSPS) is 22.4. The molecule has 1 aliphatic rings. The summed E-state index contributed by atoms with van der Waals surface area (Å²) in [6, 6.07) is 6.59. The summed E-state index contributed by atoms with van der Waals surface area (Å²) in [7, 11) is -3.43. The summed E-state index contributed by atoms with van der Waals surface area (Å²) in [5, 5.41) is 0. The van der Waals surface area contributed by atoms with Gasteiger partial charge in [0.15, 0.2) is 0 Å². The van der Waals surface area contributed by atoms with Gasteiger partial charge in [-0.2, -0.15) is 0 Å². The van der Waals surface area contributed by atoms with Crippen LogP contribution in [0.25, 0.3) is 0 Å². The molecule has 0 heterocycles. The minimum atomic E-state index is -3.43. The number of nitrogens with one attached hydrogen (secondary N) is 1. The molecule has 0 bridgehead atoms. The van der Waals surface area contributed by atoms with E-state index in [1.807, 2.05) is 0 Å². The molecule has 1 aromatic carbocycles. The molecule has 5 nitrogen and oxygen atoms in total. The quantitative estimate of drug-likeness (QED) is 0.753. The smallest absolute Gasteiger partial charge is 0.240 e. The number of nitrogens with two attached hydrogens (primary N) is 1. The van der Waals surface area contributed by atoms with Gasteiger partial charge in [-0.3, -0.25) is 0 Å². The molecule has 0 aliphatic heterocycles. The fraction of sp³-hybridized carbons (Fsp3) is 0.600. The molecular weight excluding hydrogens is 288 g/mol. The van der Waals surface area contributed by atoms with Gasteiger partial charge in [0.05, 0.1) is 11.5 Å². The predicted octanol–water partition coefficient (Wildman–Crippen LogP) is 1.88. The van der Waals surface area contributed by atoms with Crippen LogP contribution in [0.15, 0.2) is 29.2 Å². The number of rotatable bonds is 7. The molecule has 3 N–H and O–H groups in total. The van der Waals surface area contributed by atoms with Crippen LogP contribution in [-0.2, 0) is 10.0 Å². The van der Waals surface area contributed by atoms with E-state index in [2.05, 4.69) is 11.6 Å². The zero-order valence-electron chi connectivity index (χ0n) is 12.4. The van der Waals surface area contributed by atoms with Crippen molar-refractivity contribution in [3.8, 4) is 5.75 Å². The van der Waals surface area contributed by atoms with Crippen molar-refractivity contribution in [2.75, 3.05) is 13.2 Å². The van der Waals surface area contributed by atoms with Crippen molar-refractivity contribution in [2.24, 2.45) is 11.7 Å². The summed E-state index contributed by atoms with van der Waals surface area (Å²) in [4.78, 5) is 0.285. The van der Waals surface area contributed by atoms with E-state index in [0.29, 0.717) is 24.8 Å². The lowest BCUT2D eigenvalue weighted by Gasteiger charge is -2.13. The summed E-state index contributed by atoms with van der Waals surface area (Å²) < 4.78 is 32.9. The van der Waals surface area contributed by atoms with Crippen LogP contribution in [0.1, 0.15) is 32.6 Å². The van der Waals surface area contributed by atoms with Gasteiger partial charge in [-0.25, -0.2) is 13.1 Å². The number of sulfonamides is 1. The van der Waals surface area contributed by atoms with Crippen LogP contribution in [0, 0.1) is 5.92 Å². The van der Waals surface area contributed by atoms with E-state index in [4.69, 9.17) is 10.5 Å². The lowest BCUT2D eigenvalue weighted by Crippen LogP contribution is -2.32. The molecule has 0 amide bonds. The molecule has 0 radical (unpaired) electrons. The average molecular weight is 312 g/mol. The second-order valence-electron chi connectivity index (χ2n) is 5.70. The van der Waals surface area contributed by atoms with Crippen molar-refractivity contribution in [3.63, 3.8) is 0 Å². The van der Waals surface area contributed by atoms with Crippen molar-refractivity contribution in [1.82, 2.24) is 4.72 Å². The Kier molecular flexibility index (Phi) is 5.61. The van der Waals surface area contributed by atoms with Gasteiger partial charge in [0, 0.05) is 6.04 Å². The molecule has 1 aromatic rings. The summed E-state index contributed by atoms with van der Waals surface area (Å²) >= 11 is 0. The third-order valence-electron chi connectivity index (χ3n) is 3.77. The molecule has 1 aliphatic carbocycles. The van der Waals surface area contributed by atoms with E-state index in [0.717, 1.165) is 25.7 Å². The number of hydrogen-bond donors (Lipinski definition) is 2. The maximum atomic E-state index is 12.3. The number of benzene rings is 1. The Morgan fingerprint density at radius 3 is 2.57 bits per heavy atom. The van der Waals surface area contributed by atoms with Gasteiger partial charge in [0.25, 0.3) is 0 Å². The van der Waals surface area contributed by atoms with E-state index in [1.165, 1.54) is 0 Å². The van der Waals surface area contributed by atoms with Crippen LogP contribution in [-0.4, -0.2) is 27.6 Å². The standard InChI is InChI=1S/C15H24N2O3S/c1-12-3-4-13(11-12)17-21(18,19)15-7-5-14(6-8-15)20-10-2-9-16/h5-8,12-13,17H,2-4,9-11,16H2,1H3. The Morgan fingerprint density at radius 1 is 1.29 bits per heavy atom. The van der Waals surface area contributed by atoms with Crippen LogP contribution < -0.4 is 15.2 Å². The third kappa shape index (κ3) is 4.69. The summed E-state index contributed by atoms with van der Waals surface area (Å²) in [6.07, 6.45) is 3.70. The molecule has 0 spiro atoms. The first-order chi connectivity index (χ1) is 10.0. The molecule has 0 saturated heterocycles. The molecule has 118 valence electrons. The van der Waals surface area contributed by atoms with E-state index in [-0.39, 0.29) is 10.9 Å². The number of hydrogen-bond acceptors (Lipinski definition) is 4. The molecule has 1 saturated carbocycles. The minimum absolute atomic E-state index is 0.0606. The Morgan fingerprint density at radius 2 is 2.00 bits per heavy atom. The predicted molar refractivity (Wildman–Crippen MR) is 82.7 cm³/mol. The van der Waals surface area contributed by atoms with E-state index in [9.17, 15) is 8.42 Å². The lowest BCUT2D eigenvalue weighted by molar-refractivity contribution is 0.313. The lowest BCUT2D eigenvalue weighted by atomic mass is 10.1. The fourth-order valence-electron chi connectivity index (χ4n) is 2.59. The first-order valence-electron chi connectivity index (χ1n) is 7.46. The molecule has 2 rings (SSSR count). The van der Waals surface area contributed by atoms with Crippen LogP contribution in [0.2, 0.25) is 0 Å². The largest absolute Gasteiger partial charge is 0.494 e. The van der Waals surface area contributed by atoms with Gasteiger partial charge >= 0.3 is 0 Å². The van der Waals surface area contributed by atoms with Crippen LogP contribution >= 0.6 is 0 Å². The van der Waals surface area contributed by atoms with E-state index < -0.39 is 10.0 Å². The van der Waals surface area contributed by atoms with E-state index >= 15 is 0 Å². The summed E-state index contributed by atoms with van der Waals surface area (Å²) in [5.74, 6) is 1.26. The zero-order chi connectivity index (χ0) is 15.3. The Labute approximate surface area is 126 Å².